The first-order valence-corrected chi connectivity index (χ1v) is 5.58. The molecule has 10 heteroatoms. The number of hydrogen-bond acceptors (Lipinski definition) is 6. The molecular weight excluding hydrogens is 272 g/mol. The number of nitrogens with one attached hydrogen (secondary N) is 1. The van der Waals surface area contributed by atoms with Gasteiger partial charge in [0.05, 0.1) is 11.5 Å². The SMILES string of the molecule is COCC(C)NC(=O)Cn1cc([N+](=O)[O-])c(C(=O)O)n1. The summed E-state index contributed by atoms with van der Waals surface area (Å²) in [4.78, 5) is 32.2. The minimum atomic E-state index is -1.52. The summed E-state index contributed by atoms with van der Waals surface area (Å²) < 4.78 is 5.75. The number of carbonyl (C=O) groups excluding carboxylic acids is 1. The van der Waals surface area contributed by atoms with Crippen LogP contribution in [0.4, 0.5) is 5.69 Å². The normalized spacial score (nSPS) is 11.9. The predicted molar refractivity (Wildman–Crippen MR) is 65.3 cm³/mol. The van der Waals surface area contributed by atoms with Crippen LogP contribution < -0.4 is 5.32 Å². The zero-order chi connectivity index (χ0) is 15.3. The van der Waals surface area contributed by atoms with E-state index in [1.807, 2.05) is 0 Å². The van der Waals surface area contributed by atoms with E-state index in [2.05, 4.69) is 10.4 Å². The van der Waals surface area contributed by atoms with Gasteiger partial charge in [-0.2, -0.15) is 5.10 Å². The van der Waals surface area contributed by atoms with Gasteiger partial charge in [0.2, 0.25) is 11.6 Å². The van der Waals surface area contributed by atoms with Gasteiger partial charge < -0.3 is 15.2 Å². The molecule has 1 aromatic heterocycles. The molecule has 0 aliphatic rings. The van der Waals surface area contributed by atoms with Gasteiger partial charge in [0, 0.05) is 13.2 Å². The molecule has 1 aromatic rings. The van der Waals surface area contributed by atoms with Crippen molar-refractivity contribution in [3.05, 3.63) is 22.0 Å². The van der Waals surface area contributed by atoms with Gasteiger partial charge >= 0.3 is 11.7 Å². The van der Waals surface area contributed by atoms with E-state index < -0.39 is 28.2 Å². The van der Waals surface area contributed by atoms with E-state index in [0.29, 0.717) is 6.61 Å². The largest absolute Gasteiger partial charge is 0.476 e. The summed E-state index contributed by atoms with van der Waals surface area (Å²) in [5.41, 5.74) is -1.36. The van der Waals surface area contributed by atoms with Crippen molar-refractivity contribution < 1.29 is 24.4 Å². The summed E-state index contributed by atoms with van der Waals surface area (Å²) >= 11 is 0. The number of nitrogens with zero attached hydrogens (tertiary/aromatic N) is 3. The third-order valence-corrected chi connectivity index (χ3v) is 2.27. The Morgan fingerprint density at radius 1 is 1.65 bits per heavy atom. The van der Waals surface area contributed by atoms with Crippen LogP contribution in [0, 0.1) is 10.1 Å². The smallest absolute Gasteiger partial charge is 0.363 e. The second kappa shape index (κ2) is 6.61. The number of carbonyl (C=O) groups is 2. The molecule has 1 heterocycles. The maximum atomic E-state index is 11.6. The standard InChI is InChI=1S/C10H14N4O6/c1-6(5-20-2)11-8(15)4-13-3-7(14(18)19)9(12-13)10(16)17/h3,6H,4-5H2,1-2H3,(H,11,15)(H,16,17). The highest BCUT2D eigenvalue weighted by Gasteiger charge is 2.25. The lowest BCUT2D eigenvalue weighted by molar-refractivity contribution is -0.385. The van der Waals surface area contributed by atoms with Crippen molar-refractivity contribution in [2.24, 2.45) is 0 Å². The number of amides is 1. The van der Waals surface area contributed by atoms with Crippen LogP contribution in [0.2, 0.25) is 0 Å². The lowest BCUT2D eigenvalue weighted by Gasteiger charge is -2.12. The molecule has 0 aromatic carbocycles. The molecule has 0 fully saturated rings. The number of carboxylic acid groups (broad SMARTS) is 1. The summed E-state index contributed by atoms with van der Waals surface area (Å²) in [6.45, 7) is 1.71. The number of ether oxygens (including phenoxy) is 1. The molecule has 0 radical (unpaired) electrons. The van der Waals surface area contributed by atoms with Gasteiger partial charge in [-0.15, -0.1) is 0 Å². The molecule has 0 bridgehead atoms. The van der Waals surface area contributed by atoms with E-state index in [0.717, 1.165) is 10.9 Å². The molecule has 1 atom stereocenters. The minimum Gasteiger partial charge on any atom is -0.476 e. The molecule has 110 valence electrons. The molecule has 10 nitrogen and oxygen atoms in total. The first-order valence-electron chi connectivity index (χ1n) is 5.58. The maximum absolute atomic E-state index is 11.6. The molecule has 20 heavy (non-hydrogen) atoms. The van der Waals surface area contributed by atoms with Gasteiger partial charge in [0.1, 0.15) is 12.7 Å². The highest BCUT2D eigenvalue weighted by Crippen LogP contribution is 2.16. The Morgan fingerprint density at radius 2 is 2.30 bits per heavy atom. The molecule has 2 N–H and O–H groups in total. The van der Waals surface area contributed by atoms with Crippen molar-refractivity contribution in [2.75, 3.05) is 13.7 Å². The molecular formula is C10H14N4O6. The molecule has 1 amide bonds. The second-order valence-corrected chi connectivity index (χ2v) is 4.05. The van der Waals surface area contributed by atoms with E-state index in [1.165, 1.54) is 7.11 Å². The van der Waals surface area contributed by atoms with Gasteiger partial charge in [-0.3, -0.25) is 19.6 Å². The topological polar surface area (TPSA) is 137 Å². The maximum Gasteiger partial charge on any atom is 0.363 e. The van der Waals surface area contributed by atoms with Gasteiger partial charge in [0.15, 0.2) is 0 Å². The molecule has 0 spiro atoms. The fourth-order valence-electron chi connectivity index (χ4n) is 1.54. The number of rotatable bonds is 7. The van der Waals surface area contributed by atoms with Crippen LogP contribution in [0.25, 0.3) is 0 Å². The van der Waals surface area contributed by atoms with Crippen molar-refractivity contribution in [1.82, 2.24) is 15.1 Å². The van der Waals surface area contributed by atoms with E-state index in [1.54, 1.807) is 6.92 Å². The molecule has 0 saturated heterocycles. The van der Waals surface area contributed by atoms with Crippen molar-refractivity contribution >= 4 is 17.6 Å². The van der Waals surface area contributed by atoms with Crippen molar-refractivity contribution in [1.29, 1.82) is 0 Å². The number of methoxy groups -OCH3 is 1. The summed E-state index contributed by atoms with van der Waals surface area (Å²) in [6.07, 6.45) is 0.907. The van der Waals surface area contributed by atoms with E-state index in [4.69, 9.17) is 9.84 Å². The Hall–Kier alpha value is -2.49. The Kier molecular flexibility index (Phi) is 5.15. The van der Waals surface area contributed by atoms with E-state index in [-0.39, 0.29) is 12.6 Å². The third kappa shape index (κ3) is 4.02. The summed E-state index contributed by atoms with van der Waals surface area (Å²) in [5.74, 6) is -1.98. The summed E-state index contributed by atoms with van der Waals surface area (Å²) in [5, 5.41) is 25.5. The van der Waals surface area contributed by atoms with Gasteiger partial charge in [-0.05, 0) is 6.92 Å². The zero-order valence-corrected chi connectivity index (χ0v) is 10.9. The first kappa shape index (κ1) is 15.6. The molecule has 1 rings (SSSR count). The first-order chi connectivity index (χ1) is 9.35. The van der Waals surface area contributed by atoms with E-state index >= 15 is 0 Å². The molecule has 0 aliphatic carbocycles. The highest BCUT2D eigenvalue weighted by molar-refractivity contribution is 5.90. The van der Waals surface area contributed by atoms with Crippen LogP contribution in [0.1, 0.15) is 17.4 Å². The Labute approximate surface area is 113 Å². The average Bonchev–Trinajstić information content (AvgIpc) is 2.73. The van der Waals surface area contributed by atoms with Gasteiger partial charge in [-0.1, -0.05) is 0 Å². The van der Waals surface area contributed by atoms with Crippen molar-refractivity contribution in [2.45, 2.75) is 19.5 Å². The van der Waals surface area contributed by atoms with Crippen LogP contribution in [-0.4, -0.2) is 51.4 Å². The van der Waals surface area contributed by atoms with Crippen LogP contribution >= 0.6 is 0 Å². The van der Waals surface area contributed by atoms with Gasteiger partial charge in [0.25, 0.3) is 0 Å². The third-order valence-electron chi connectivity index (χ3n) is 2.27. The van der Waals surface area contributed by atoms with E-state index in [9.17, 15) is 19.7 Å². The summed E-state index contributed by atoms with van der Waals surface area (Å²) in [6, 6.07) is -0.239. The predicted octanol–water partition coefficient (Wildman–Crippen LogP) is -0.359. The minimum absolute atomic E-state index is 0.239. The average molecular weight is 286 g/mol. The Bertz CT molecular complexity index is 494. The molecule has 0 aliphatic heterocycles. The van der Waals surface area contributed by atoms with Crippen molar-refractivity contribution in [3.63, 3.8) is 0 Å². The highest BCUT2D eigenvalue weighted by atomic mass is 16.6. The monoisotopic (exact) mass is 286 g/mol. The number of aromatic carboxylic acids is 1. The molecule has 1 unspecified atom stereocenters. The van der Waals surface area contributed by atoms with Crippen molar-refractivity contribution in [3.8, 4) is 0 Å². The second-order valence-electron chi connectivity index (χ2n) is 4.05. The van der Waals surface area contributed by atoms with Gasteiger partial charge in [-0.25, -0.2) is 4.79 Å². The fourth-order valence-corrected chi connectivity index (χ4v) is 1.54. The van der Waals surface area contributed by atoms with Crippen LogP contribution in [-0.2, 0) is 16.1 Å². The lowest BCUT2D eigenvalue weighted by Crippen LogP contribution is -2.37. The fraction of sp³-hybridized carbons (Fsp3) is 0.500. The van der Waals surface area contributed by atoms with Crippen LogP contribution in [0.3, 0.4) is 0 Å². The Morgan fingerprint density at radius 3 is 2.75 bits per heavy atom. The zero-order valence-electron chi connectivity index (χ0n) is 10.9. The number of aromatic nitrogens is 2. The summed E-state index contributed by atoms with van der Waals surface area (Å²) in [7, 11) is 1.48. The number of hydrogen-bond donors (Lipinski definition) is 2. The number of nitro groups is 1. The molecule has 0 saturated carbocycles. The van der Waals surface area contributed by atoms with Crippen LogP contribution in [0.15, 0.2) is 6.20 Å². The lowest BCUT2D eigenvalue weighted by atomic mass is 10.3. The Balaban J connectivity index is 2.78. The number of carboxylic acids is 1. The van der Waals surface area contributed by atoms with Crippen LogP contribution in [0.5, 0.6) is 0 Å². The quantitative estimate of drug-likeness (QED) is 0.515.